The van der Waals surface area contributed by atoms with Gasteiger partial charge in [-0.05, 0) is 38.7 Å². The van der Waals surface area contributed by atoms with Gasteiger partial charge in [-0.3, -0.25) is 0 Å². The van der Waals surface area contributed by atoms with Gasteiger partial charge < -0.3 is 9.67 Å². The van der Waals surface area contributed by atoms with Gasteiger partial charge in [0.2, 0.25) is 10.0 Å². The number of carboxylic acid groups (broad SMARTS) is 1. The molecule has 1 fully saturated rings. The minimum Gasteiger partial charge on any atom is -0.477 e. The van der Waals surface area contributed by atoms with Crippen molar-refractivity contribution in [2.24, 2.45) is 5.92 Å². The first-order valence-corrected chi connectivity index (χ1v) is 8.09. The maximum Gasteiger partial charge on any atom is 0.352 e. The van der Waals surface area contributed by atoms with Gasteiger partial charge in [0.1, 0.15) is 10.6 Å². The van der Waals surface area contributed by atoms with Gasteiger partial charge in [-0.1, -0.05) is 0 Å². The molecule has 0 amide bonds. The third-order valence-corrected chi connectivity index (χ3v) is 5.31. The molecule has 1 aliphatic carbocycles. The summed E-state index contributed by atoms with van der Waals surface area (Å²) in [5.74, 6) is -0.675. The Morgan fingerprint density at radius 1 is 1.50 bits per heavy atom. The molecule has 0 spiro atoms. The van der Waals surface area contributed by atoms with Crippen LogP contribution in [0.15, 0.2) is 17.2 Å². The van der Waals surface area contributed by atoms with E-state index in [0.717, 1.165) is 12.8 Å². The number of carbonyl (C=O) groups is 1. The van der Waals surface area contributed by atoms with E-state index in [0.29, 0.717) is 12.5 Å². The first kappa shape index (κ1) is 15.1. The predicted molar refractivity (Wildman–Crippen MR) is 74.3 cm³/mol. The van der Waals surface area contributed by atoms with Gasteiger partial charge in [0.05, 0.1) is 0 Å². The number of rotatable bonds is 6. The third-order valence-electron chi connectivity index (χ3n) is 3.52. The van der Waals surface area contributed by atoms with Crippen LogP contribution in [0, 0.1) is 5.92 Å². The van der Waals surface area contributed by atoms with Gasteiger partial charge in [0.15, 0.2) is 0 Å². The largest absolute Gasteiger partial charge is 0.477 e. The summed E-state index contributed by atoms with van der Waals surface area (Å²) < 4.78 is 27.6. The van der Waals surface area contributed by atoms with Crippen LogP contribution in [0.3, 0.4) is 0 Å². The van der Waals surface area contributed by atoms with E-state index in [9.17, 15) is 13.2 Å². The van der Waals surface area contributed by atoms with Gasteiger partial charge >= 0.3 is 5.97 Å². The highest BCUT2D eigenvalue weighted by Gasteiger charge is 2.31. The van der Waals surface area contributed by atoms with Crippen LogP contribution in [0.4, 0.5) is 0 Å². The fraction of sp³-hybridized carbons (Fsp3) is 0.615. The molecule has 0 radical (unpaired) electrons. The highest BCUT2D eigenvalue weighted by Crippen LogP contribution is 2.31. The number of hydrogen-bond acceptors (Lipinski definition) is 3. The zero-order valence-corrected chi connectivity index (χ0v) is 12.7. The summed E-state index contributed by atoms with van der Waals surface area (Å²) in [5.41, 5.74) is -0.00148. The number of aromatic nitrogens is 1. The Hall–Kier alpha value is -1.34. The molecule has 0 saturated heterocycles. The molecule has 0 aliphatic heterocycles. The molecule has 1 N–H and O–H groups in total. The molecule has 0 aromatic carbocycles. The van der Waals surface area contributed by atoms with Crippen molar-refractivity contribution >= 4 is 16.0 Å². The molecular weight excluding hydrogens is 280 g/mol. The average molecular weight is 300 g/mol. The van der Waals surface area contributed by atoms with Crippen molar-refractivity contribution < 1.29 is 18.3 Å². The van der Waals surface area contributed by atoms with Crippen LogP contribution in [0.1, 0.15) is 43.2 Å². The summed E-state index contributed by atoms with van der Waals surface area (Å²) in [6, 6.07) is 1.12. The zero-order valence-electron chi connectivity index (χ0n) is 11.9. The fourth-order valence-electron chi connectivity index (χ4n) is 2.14. The van der Waals surface area contributed by atoms with E-state index in [1.165, 1.54) is 21.1 Å². The molecule has 112 valence electrons. The van der Waals surface area contributed by atoms with E-state index in [2.05, 4.69) is 0 Å². The first-order valence-electron chi connectivity index (χ1n) is 6.65. The Balaban J connectivity index is 2.35. The lowest BCUT2D eigenvalue weighted by atomic mass is 10.3. The van der Waals surface area contributed by atoms with Gasteiger partial charge in [-0.2, -0.15) is 0 Å². The standard InChI is InChI=1S/C13H20N2O4S/c1-9(2)15-8-11(6-12(15)13(16)17)20(18,19)14(3)7-10-4-5-10/h6,8-10H,4-5,7H2,1-3H3,(H,16,17). The number of hydrogen-bond donors (Lipinski definition) is 1. The van der Waals surface area contributed by atoms with E-state index in [1.807, 2.05) is 13.8 Å². The van der Waals surface area contributed by atoms with E-state index in [4.69, 9.17) is 5.11 Å². The molecule has 1 aromatic heterocycles. The van der Waals surface area contributed by atoms with Gasteiger partial charge in [0, 0.05) is 25.8 Å². The Morgan fingerprint density at radius 2 is 2.10 bits per heavy atom. The summed E-state index contributed by atoms with van der Waals surface area (Å²) in [6.07, 6.45) is 3.54. The van der Waals surface area contributed by atoms with Crippen molar-refractivity contribution in [3.63, 3.8) is 0 Å². The predicted octanol–water partition coefficient (Wildman–Crippen LogP) is 1.80. The minimum atomic E-state index is -3.61. The SMILES string of the molecule is CC(C)n1cc(S(=O)(=O)N(C)CC2CC2)cc1C(=O)O. The molecule has 1 aromatic rings. The van der Waals surface area contributed by atoms with E-state index < -0.39 is 16.0 Å². The van der Waals surface area contributed by atoms with E-state index in [1.54, 1.807) is 7.05 Å². The van der Waals surface area contributed by atoms with Crippen molar-refractivity contribution in [1.29, 1.82) is 0 Å². The van der Waals surface area contributed by atoms with Gasteiger partial charge in [0.25, 0.3) is 0 Å². The number of sulfonamides is 1. The second-order valence-electron chi connectivity index (χ2n) is 5.60. The Kier molecular flexibility index (Phi) is 3.93. The summed E-state index contributed by atoms with van der Waals surface area (Å²) in [4.78, 5) is 11.2. The molecule has 1 heterocycles. The summed E-state index contributed by atoms with van der Waals surface area (Å²) >= 11 is 0. The van der Waals surface area contributed by atoms with Crippen LogP contribution >= 0.6 is 0 Å². The lowest BCUT2D eigenvalue weighted by Crippen LogP contribution is -2.28. The van der Waals surface area contributed by atoms with Crippen LogP contribution in [0.5, 0.6) is 0 Å². The number of aromatic carboxylic acids is 1. The molecule has 1 aliphatic rings. The molecular formula is C13H20N2O4S. The average Bonchev–Trinajstić information content (AvgIpc) is 3.02. The first-order chi connectivity index (χ1) is 9.23. The number of carboxylic acids is 1. The lowest BCUT2D eigenvalue weighted by molar-refractivity contribution is 0.0683. The molecule has 0 bridgehead atoms. The smallest absolute Gasteiger partial charge is 0.352 e. The normalized spacial score (nSPS) is 16.1. The monoisotopic (exact) mass is 300 g/mol. The second kappa shape index (κ2) is 5.21. The van der Waals surface area contributed by atoms with Gasteiger partial charge in [-0.15, -0.1) is 0 Å². The molecule has 20 heavy (non-hydrogen) atoms. The van der Waals surface area contributed by atoms with Crippen molar-refractivity contribution in [2.75, 3.05) is 13.6 Å². The highest BCUT2D eigenvalue weighted by atomic mass is 32.2. The second-order valence-corrected chi connectivity index (χ2v) is 7.64. The third kappa shape index (κ3) is 2.88. The van der Waals surface area contributed by atoms with Crippen molar-refractivity contribution in [3.8, 4) is 0 Å². The molecule has 1 saturated carbocycles. The van der Waals surface area contributed by atoms with Crippen LogP contribution in [0.25, 0.3) is 0 Å². The fourth-order valence-corrected chi connectivity index (χ4v) is 3.41. The van der Waals surface area contributed by atoms with Gasteiger partial charge in [-0.25, -0.2) is 17.5 Å². The Morgan fingerprint density at radius 3 is 2.50 bits per heavy atom. The summed E-state index contributed by atoms with van der Waals surface area (Å²) in [5, 5.41) is 9.16. The lowest BCUT2D eigenvalue weighted by Gasteiger charge is -2.15. The van der Waals surface area contributed by atoms with Crippen molar-refractivity contribution in [3.05, 3.63) is 18.0 Å². The molecule has 6 nitrogen and oxygen atoms in total. The number of nitrogens with zero attached hydrogens (tertiary/aromatic N) is 2. The topological polar surface area (TPSA) is 79.6 Å². The molecule has 0 unspecified atom stereocenters. The van der Waals surface area contributed by atoms with Crippen LogP contribution in [-0.4, -0.2) is 42.0 Å². The van der Waals surface area contributed by atoms with E-state index >= 15 is 0 Å². The molecule has 7 heteroatoms. The zero-order chi connectivity index (χ0) is 15.1. The van der Waals surface area contributed by atoms with E-state index in [-0.39, 0.29) is 16.6 Å². The minimum absolute atomic E-state index is 0.00148. The maximum absolute atomic E-state index is 12.4. The summed E-state index contributed by atoms with van der Waals surface area (Å²) in [7, 11) is -2.07. The van der Waals surface area contributed by atoms with Crippen molar-refractivity contribution in [1.82, 2.24) is 8.87 Å². The molecule has 2 rings (SSSR count). The van der Waals surface area contributed by atoms with Crippen LogP contribution in [0.2, 0.25) is 0 Å². The van der Waals surface area contributed by atoms with Crippen LogP contribution in [-0.2, 0) is 10.0 Å². The quantitative estimate of drug-likeness (QED) is 0.868. The maximum atomic E-state index is 12.4. The Labute approximate surface area is 119 Å². The van der Waals surface area contributed by atoms with Crippen molar-refractivity contribution in [2.45, 2.75) is 37.6 Å². The van der Waals surface area contributed by atoms with Crippen LogP contribution < -0.4 is 0 Å². The molecule has 0 atom stereocenters. The summed E-state index contributed by atoms with van der Waals surface area (Å²) in [6.45, 7) is 4.13. The highest BCUT2D eigenvalue weighted by molar-refractivity contribution is 7.89. The Bertz CT molecular complexity index is 614.